The molecule has 6 rings (SSSR count). The standard InChI is InChI=1S/C48H47BrN4O/c49-30-6-4-2-1-3-5-7-37-54-48-38-47(23-18-44(48)17-12-43-28-35-52-36-29-43)53(45-19-13-39(14-20-45)8-10-41-24-31-50-32-25-41)46-21-15-40(16-22-46)9-11-42-26-33-51-34-27-42/h8-29,31-36,38H,1-7,30,37H2/b10-8+,11-9+,17-12+. The Morgan fingerprint density at radius 2 is 0.815 bits per heavy atom. The van der Waals surface area contributed by atoms with E-state index in [1.165, 1.54) is 38.5 Å². The Balaban J connectivity index is 1.28. The van der Waals surface area contributed by atoms with Gasteiger partial charge in [0.05, 0.1) is 6.61 Å². The average molecular weight is 776 g/mol. The number of alkyl halides is 1. The number of aromatic nitrogens is 3. The van der Waals surface area contributed by atoms with Crippen LogP contribution in [0.4, 0.5) is 17.1 Å². The monoisotopic (exact) mass is 774 g/mol. The minimum atomic E-state index is 0.679. The van der Waals surface area contributed by atoms with Crippen molar-refractivity contribution in [2.45, 2.75) is 44.9 Å². The highest BCUT2D eigenvalue weighted by molar-refractivity contribution is 9.09. The molecule has 0 radical (unpaired) electrons. The number of hydrogen-bond acceptors (Lipinski definition) is 5. The van der Waals surface area contributed by atoms with E-state index in [0.717, 1.165) is 67.9 Å². The van der Waals surface area contributed by atoms with Gasteiger partial charge in [-0.1, -0.05) is 109 Å². The summed E-state index contributed by atoms with van der Waals surface area (Å²) >= 11 is 3.54. The van der Waals surface area contributed by atoms with E-state index < -0.39 is 0 Å². The van der Waals surface area contributed by atoms with Crippen molar-refractivity contribution >= 4 is 69.4 Å². The van der Waals surface area contributed by atoms with Crippen molar-refractivity contribution in [2.75, 3.05) is 16.8 Å². The molecule has 0 unspecified atom stereocenters. The fourth-order valence-corrected chi connectivity index (χ4v) is 6.49. The molecule has 272 valence electrons. The van der Waals surface area contributed by atoms with Crippen molar-refractivity contribution < 1.29 is 4.74 Å². The summed E-state index contributed by atoms with van der Waals surface area (Å²) in [4.78, 5) is 14.7. The Bertz CT molecular complexity index is 1970. The van der Waals surface area contributed by atoms with Crippen LogP contribution < -0.4 is 9.64 Å². The molecule has 0 aliphatic heterocycles. The third-order valence-electron chi connectivity index (χ3n) is 9.10. The maximum Gasteiger partial charge on any atom is 0.128 e. The number of hydrogen-bond donors (Lipinski definition) is 0. The van der Waals surface area contributed by atoms with Crippen molar-refractivity contribution in [2.24, 2.45) is 0 Å². The SMILES string of the molecule is BrCCCCCCCCCOc1cc(N(c2ccc(/C=C/c3ccncc3)cc2)c2ccc(/C=C/c3ccncc3)cc2)ccc1/C=C/c1ccncc1. The summed E-state index contributed by atoms with van der Waals surface area (Å²) in [5, 5.41) is 1.10. The Morgan fingerprint density at radius 3 is 1.28 bits per heavy atom. The summed E-state index contributed by atoms with van der Waals surface area (Å²) in [5.74, 6) is 0.869. The zero-order valence-electron chi connectivity index (χ0n) is 30.7. The Kier molecular flexibility index (Phi) is 15.0. The van der Waals surface area contributed by atoms with Crippen molar-refractivity contribution in [1.29, 1.82) is 0 Å². The number of anilines is 3. The van der Waals surface area contributed by atoms with Gasteiger partial charge in [-0.3, -0.25) is 15.0 Å². The summed E-state index contributed by atoms with van der Waals surface area (Å²) in [6.45, 7) is 0.679. The first kappa shape index (κ1) is 38.1. The van der Waals surface area contributed by atoms with Crippen molar-refractivity contribution in [3.63, 3.8) is 0 Å². The summed E-state index contributed by atoms with van der Waals surface area (Å²) < 4.78 is 6.60. The number of unbranched alkanes of at least 4 members (excludes halogenated alkanes) is 6. The Morgan fingerprint density at radius 1 is 0.426 bits per heavy atom. The van der Waals surface area contributed by atoms with Gasteiger partial charge in [0.25, 0.3) is 0 Å². The van der Waals surface area contributed by atoms with Gasteiger partial charge in [-0.15, -0.1) is 0 Å². The highest BCUT2D eigenvalue weighted by Gasteiger charge is 2.15. The topological polar surface area (TPSA) is 51.1 Å². The largest absolute Gasteiger partial charge is 0.493 e. The molecule has 0 aliphatic rings. The molecule has 0 atom stereocenters. The van der Waals surface area contributed by atoms with E-state index in [9.17, 15) is 0 Å². The van der Waals surface area contributed by atoms with Crippen LogP contribution in [0.1, 0.15) is 78.3 Å². The van der Waals surface area contributed by atoms with Gasteiger partial charge in [0.1, 0.15) is 5.75 Å². The molecular weight excluding hydrogens is 728 g/mol. The molecule has 0 bridgehead atoms. The van der Waals surface area contributed by atoms with Crippen molar-refractivity contribution in [3.05, 3.63) is 174 Å². The molecule has 6 heteroatoms. The predicted octanol–water partition coefficient (Wildman–Crippen LogP) is 13.4. The zero-order valence-corrected chi connectivity index (χ0v) is 32.3. The quantitative estimate of drug-likeness (QED) is 0.0606. The molecule has 0 saturated carbocycles. The molecule has 0 aliphatic carbocycles. The third kappa shape index (κ3) is 12.0. The maximum atomic E-state index is 6.60. The van der Waals surface area contributed by atoms with Gasteiger partial charge >= 0.3 is 0 Å². The van der Waals surface area contributed by atoms with E-state index in [1.807, 2.05) is 73.6 Å². The second kappa shape index (κ2) is 21.2. The number of nitrogens with zero attached hydrogens (tertiary/aromatic N) is 4. The number of halogens is 1. The summed E-state index contributed by atoms with van der Waals surface area (Å²) in [5.41, 5.74) is 9.75. The van der Waals surface area contributed by atoms with E-state index in [1.54, 1.807) is 0 Å². The molecule has 54 heavy (non-hydrogen) atoms. The first-order valence-electron chi connectivity index (χ1n) is 18.8. The van der Waals surface area contributed by atoms with Gasteiger partial charge in [-0.25, -0.2) is 0 Å². The normalized spacial score (nSPS) is 11.5. The van der Waals surface area contributed by atoms with Crippen LogP contribution in [0.2, 0.25) is 0 Å². The molecule has 3 aromatic carbocycles. The number of benzene rings is 3. The van der Waals surface area contributed by atoms with Gasteiger partial charge in [-0.05, 0) is 113 Å². The summed E-state index contributed by atoms with van der Waals surface area (Å²) in [6.07, 6.45) is 32.2. The van der Waals surface area contributed by atoms with Gasteiger partial charge in [0.2, 0.25) is 0 Å². The first-order chi connectivity index (χ1) is 26.7. The molecule has 0 spiro atoms. The molecule has 0 saturated heterocycles. The lowest BCUT2D eigenvalue weighted by atomic mass is 10.1. The lowest BCUT2D eigenvalue weighted by molar-refractivity contribution is 0.304. The lowest BCUT2D eigenvalue weighted by Crippen LogP contribution is -2.10. The average Bonchev–Trinajstić information content (AvgIpc) is 3.23. The number of rotatable bonds is 19. The van der Waals surface area contributed by atoms with Gasteiger partial charge in [0.15, 0.2) is 0 Å². The van der Waals surface area contributed by atoms with E-state index in [2.05, 4.69) is 139 Å². The van der Waals surface area contributed by atoms with Crippen molar-refractivity contribution in [3.8, 4) is 5.75 Å². The minimum Gasteiger partial charge on any atom is -0.493 e. The zero-order chi connectivity index (χ0) is 37.0. The van der Waals surface area contributed by atoms with Crippen LogP contribution in [0, 0.1) is 0 Å². The number of ether oxygens (including phenoxy) is 1. The van der Waals surface area contributed by atoms with E-state index in [0.29, 0.717) is 6.61 Å². The van der Waals surface area contributed by atoms with Crippen LogP contribution in [0.5, 0.6) is 5.75 Å². The second-order valence-electron chi connectivity index (χ2n) is 13.1. The fraction of sp³-hybridized carbons (Fsp3) is 0.188. The van der Waals surface area contributed by atoms with E-state index in [-0.39, 0.29) is 0 Å². The summed E-state index contributed by atoms with van der Waals surface area (Å²) in [7, 11) is 0. The van der Waals surface area contributed by atoms with Crippen LogP contribution in [0.25, 0.3) is 36.5 Å². The maximum absolute atomic E-state index is 6.60. The van der Waals surface area contributed by atoms with E-state index >= 15 is 0 Å². The van der Waals surface area contributed by atoms with Crippen molar-refractivity contribution in [1.82, 2.24) is 15.0 Å². The molecule has 0 amide bonds. The van der Waals surface area contributed by atoms with Crippen LogP contribution >= 0.6 is 15.9 Å². The Hall–Kier alpha value is -5.59. The smallest absolute Gasteiger partial charge is 0.128 e. The molecule has 0 N–H and O–H groups in total. The predicted molar refractivity (Wildman–Crippen MR) is 232 cm³/mol. The minimum absolute atomic E-state index is 0.679. The highest BCUT2D eigenvalue weighted by Crippen LogP contribution is 2.38. The summed E-state index contributed by atoms with van der Waals surface area (Å²) in [6, 6.07) is 35.9. The molecule has 6 aromatic rings. The van der Waals surface area contributed by atoms with Crippen LogP contribution in [-0.4, -0.2) is 26.9 Å². The van der Waals surface area contributed by atoms with Crippen LogP contribution in [0.15, 0.2) is 140 Å². The van der Waals surface area contributed by atoms with Crippen LogP contribution in [0.3, 0.4) is 0 Å². The second-order valence-corrected chi connectivity index (χ2v) is 13.9. The molecular formula is C48H47BrN4O. The molecule has 3 heterocycles. The third-order valence-corrected chi connectivity index (χ3v) is 9.66. The highest BCUT2D eigenvalue weighted by atomic mass is 79.9. The van der Waals surface area contributed by atoms with Gasteiger partial charge in [0, 0.05) is 71.2 Å². The first-order valence-corrected chi connectivity index (χ1v) is 19.9. The van der Waals surface area contributed by atoms with Gasteiger partial charge < -0.3 is 9.64 Å². The van der Waals surface area contributed by atoms with Gasteiger partial charge in [-0.2, -0.15) is 0 Å². The van der Waals surface area contributed by atoms with Crippen LogP contribution in [-0.2, 0) is 0 Å². The number of pyridine rings is 3. The lowest BCUT2D eigenvalue weighted by Gasteiger charge is -2.26. The van der Waals surface area contributed by atoms with E-state index in [4.69, 9.17) is 4.74 Å². The molecule has 3 aromatic heterocycles. The molecule has 0 fully saturated rings. The molecule has 5 nitrogen and oxygen atoms in total. The fourth-order valence-electron chi connectivity index (χ4n) is 6.10. The Labute approximate surface area is 329 Å².